The molecule has 2 aromatic carbocycles. The lowest BCUT2D eigenvalue weighted by atomic mass is 9.83. The van der Waals surface area contributed by atoms with Gasteiger partial charge in [-0.15, -0.1) is 0 Å². The highest BCUT2D eigenvalue weighted by atomic mass is 14.3. The highest BCUT2D eigenvalue weighted by Crippen LogP contribution is 2.40. The van der Waals surface area contributed by atoms with E-state index in [0.29, 0.717) is 0 Å². The van der Waals surface area contributed by atoms with Crippen molar-refractivity contribution < 1.29 is 0 Å². The molecule has 2 aliphatic carbocycles. The SMILES string of the molecule is c1ccc(C(=C(CC2CCCC2)CC2CCCC2)c2ccccc2)cc1. The number of hydrogen-bond donors (Lipinski definition) is 0. The normalized spacial score (nSPS) is 18.3. The maximum absolute atomic E-state index is 2.31. The van der Waals surface area contributed by atoms with E-state index in [0.717, 1.165) is 11.8 Å². The van der Waals surface area contributed by atoms with Gasteiger partial charge in [-0.25, -0.2) is 0 Å². The first-order valence-corrected chi connectivity index (χ1v) is 10.7. The van der Waals surface area contributed by atoms with Crippen molar-refractivity contribution in [2.24, 2.45) is 11.8 Å². The molecule has 2 saturated carbocycles. The summed E-state index contributed by atoms with van der Waals surface area (Å²) in [7, 11) is 0. The minimum Gasteiger partial charge on any atom is -0.0622 e. The van der Waals surface area contributed by atoms with E-state index in [2.05, 4.69) is 60.7 Å². The molecule has 0 unspecified atom stereocenters. The van der Waals surface area contributed by atoms with E-state index in [-0.39, 0.29) is 0 Å². The summed E-state index contributed by atoms with van der Waals surface area (Å²) in [5, 5.41) is 0. The van der Waals surface area contributed by atoms with E-state index in [1.165, 1.54) is 80.9 Å². The van der Waals surface area contributed by atoms with Gasteiger partial charge in [0.05, 0.1) is 0 Å². The molecular formula is C26H32. The van der Waals surface area contributed by atoms with Crippen molar-refractivity contribution in [1.82, 2.24) is 0 Å². The molecule has 0 heteroatoms. The summed E-state index contributed by atoms with van der Waals surface area (Å²) in [6.45, 7) is 0. The lowest BCUT2D eigenvalue weighted by Crippen LogP contribution is -2.05. The van der Waals surface area contributed by atoms with Gasteiger partial charge in [-0.05, 0) is 41.4 Å². The van der Waals surface area contributed by atoms with Crippen LogP contribution < -0.4 is 0 Å². The van der Waals surface area contributed by atoms with Crippen LogP contribution in [-0.4, -0.2) is 0 Å². The smallest absolute Gasteiger partial charge is 0.0119 e. The molecule has 0 N–H and O–H groups in total. The monoisotopic (exact) mass is 344 g/mol. The van der Waals surface area contributed by atoms with Crippen LogP contribution in [0.2, 0.25) is 0 Å². The predicted molar refractivity (Wildman–Crippen MR) is 112 cm³/mol. The summed E-state index contributed by atoms with van der Waals surface area (Å²) in [6, 6.07) is 22.3. The zero-order valence-corrected chi connectivity index (χ0v) is 16.0. The van der Waals surface area contributed by atoms with Gasteiger partial charge in [0.15, 0.2) is 0 Å². The molecule has 2 fully saturated rings. The van der Waals surface area contributed by atoms with E-state index in [1.807, 2.05) is 0 Å². The van der Waals surface area contributed by atoms with Crippen molar-refractivity contribution >= 4 is 5.57 Å². The van der Waals surface area contributed by atoms with Crippen molar-refractivity contribution in [3.8, 4) is 0 Å². The predicted octanol–water partition coefficient (Wildman–Crippen LogP) is 7.65. The molecule has 2 aromatic rings. The highest BCUT2D eigenvalue weighted by Gasteiger charge is 2.24. The van der Waals surface area contributed by atoms with Gasteiger partial charge in [0.2, 0.25) is 0 Å². The summed E-state index contributed by atoms with van der Waals surface area (Å²) in [5.74, 6) is 1.82. The lowest BCUT2D eigenvalue weighted by Gasteiger charge is -2.22. The van der Waals surface area contributed by atoms with Crippen LogP contribution in [0.25, 0.3) is 5.57 Å². The maximum Gasteiger partial charge on any atom is -0.0119 e. The molecule has 0 atom stereocenters. The Balaban J connectivity index is 1.76. The van der Waals surface area contributed by atoms with Crippen LogP contribution >= 0.6 is 0 Å². The van der Waals surface area contributed by atoms with Crippen molar-refractivity contribution in [3.05, 3.63) is 77.4 Å². The Morgan fingerprint density at radius 3 is 1.35 bits per heavy atom. The summed E-state index contributed by atoms with van der Waals surface area (Å²) in [5.41, 5.74) is 6.08. The van der Waals surface area contributed by atoms with E-state index in [1.54, 1.807) is 5.57 Å². The van der Waals surface area contributed by atoms with Crippen molar-refractivity contribution in [2.45, 2.75) is 64.2 Å². The first-order chi connectivity index (χ1) is 12.9. The second-order valence-electron chi connectivity index (χ2n) is 8.42. The van der Waals surface area contributed by atoms with Crippen LogP contribution in [0.1, 0.15) is 75.3 Å². The highest BCUT2D eigenvalue weighted by molar-refractivity contribution is 5.82. The molecule has 0 nitrogen and oxygen atoms in total. The van der Waals surface area contributed by atoms with Gasteiger partial charge >= 0.3 is 0 Å². The number of allylic oxidation sites excluding steroid dienone is 1. The van der Waals surface area contributed by atoms with Gasteiger partial charge in [0, 0.05) is 0 Å². The minimum atomic E-state index is 0.911. The Bertz CT molecular complexity index is 637. The van der Waals surface area contributed by atoms with Crippen LogP contribution in [0.4, 0.5) is 0 Å². The molecule has 0 spiro atoms. The van der Waals surface area contributed by atoms with Gasteiger partial charge in [0.25, 0.3) is 0 Å². The van der Waals surface area contributed by atoms with Gasteiger partial charge < -0.3 is 0 Å². The molecule has 0 heterocycles. The standard InChI is InChI=1S/C26H32/c1-3-15-23(16-4-1)26(24-17-5-2-6-18-24)25(19-21-11-7-8-12-21)20-22-13-9-10-14-22/h1-6,15-18,21-22H,7-14,19-20H2. The van der Waals surface area contributed by atoms with Crippen LogP contribution in [0.5, 0.6) is 0 Å². The molecule has 136 valence electrons. The van der Waals surface area contributed by atoms with Crippen LogP contribution in [0.3, 0.4) is 0 Å². The molecule has 2 aliphatic rings. The Labute approximate surface area is 159 Å². The molecule has 0 bridgehead atoms. The topological polar surface area (TPSA) is 0 Å². The first kappa shape index (κ1) is 17.6. The Hall–Kier alpha value is -1.82. The number of rotatable bonds is 6. The molecule has 0 aromatic heterocycles. The number of benzene rings is 2. The third kappa shape index (κ3) is 4.29. The minimum absolute atomic E-state index is 0.911. The van der Waals surface area contributed by atoms with E-state index in [4.69, 9.17) is 0 Å². The molecule has 26 heavy (non-hydrogen) atoms. The first-order valence-electron chi connectivity index (χ1n) is 10.7. The zero-order chi connectivity index (χ0) is 17.6. The third-order valence-electron chi connectivity index (χ3n) is 6.50. The second-order valence-corrected chi connectivity index (χ2v) is 8.42. The fraction of sp³-hybridized carbons (Fsp3) is 0.462. The summed E-state index contributed by atoms with van der Waals surface area (Å²) < 4.78 is 0. The third-order valence-corrected chi connectivity index (χ3v) is 6.50. The molecule has 0 radical (unpaired) electrons. The van der Waals surface area contributed by atoms with Crippen LogP contribution in [0.15, 0.2) is 66.2 Å². The summed E-state index contributed by atoms with van der Waals surface area (Å²) in [6.07, 6.45) is 14.1. The van der Waals surface area contributed by atoms with Crippen molar-refractivity contribution in [2.75, 3.05) is 0 Å². The van der Waals surface area contributed by atoms with E-state index >= 15 is 0 Å². The molecule has 4 rings (SSSR count). The second kappa shape index (κ2) is 8.71. The Morgan fingerprint density at radius 2 is 0.962 bits per heavy atom. The molecule has 0 amide bonds. The number of hydrogen-bond acceptors (Lipinski definition) is 0. The lowest BCUT2D eigenvalue weighted by molar-refractivity contribution is 0.488. The average Bonchev–Trinajstić information content (AvgIpc) is 3.38. The largest absolute Gasteiger partial charge is 0.0622 e. The summed E-state index contributed by atoms with van der Waals surface area (Å²) >= 11 is 0. The van der Waals surface area contributed by atoms with E-state index < -0.39 is 0 Å². The van der Waals surface area contributed by atoms with Crippen molar-refractivity contribution in [1.29, 1.82) is 0 Å². The van der Waals surface area contributed by atoms with Gasteiger partial charge in [0.1, 0.15) is 0 Å². The zero-order valence-electron chi connectivity index (χ0n) is 16.0. The van der Waals surface area contributed by atoms with E-state index in [9.17, 15) is 0 Å². The fourth-order valence-corrected chi connectivity index (χ4v) is 5.20. The van der Waals surface area contributed by atoms with Crippen LogP contribution in [0, 0.1) is 11.8 Å². The maximum atomic E-state index is 2.31. The molecular weight excluding hydrogens is 312 g/mol. The Morgan fingerprint density at radius 1 is 0.577 bits per heavy atom. The average molecular weight is 345 g/mol. The van der Waals surface area contributed by atoms with Crippen molar-refractivity contribution in [3.63, 3.8) is 0 Å². The van der Waals surface area contributed by atoms with Crippen LogP contribution in [-0.2, 0) is 0 Å². The van der Waals surface area contributed by atoms with Gasteiger partial charge in [-0.2, -0.15) is 0 Å². The molecule has 0 saturated heterocycles. The molecule has 0 aliphatic heterocycles. The Kier molecular flexibility index (Phi) is 5.89. The quantitative estimate of drug-likeness (QED) is 0.505. The van der Waals surface area contributed by atoms with Gasteiger partial charge in [-0.1, -0.05) is 118 Å². The fourth-order valence-electron chi connectivity index (χ4n) is 5.20. The van der Waals surface area contributed by atoms with Gasteiger partial charge in [-0.3, -0.25) is 0 Å². The summed E-state index contributed by atoms with van der Waals surface area (Å²) in [4.78, 5) is 0.